The summed E-state index contributed by atoms with van der Waals surface area (Å²) in [6.07, 6.45) is 2.11. The Labute approximate surface area is 135 Å². The van der Waals surface area contributed by atoms with Crippen molar-refractivity contribution in [3.05, 3.63) is 29.8 Å². The quantitative estimate of drug-likeness (QED) is 0.377. The van der Waals surface area contributed by atoms with E-state index in [1.165, 1.54) is 12.1 Å². The fraction of sp³-hybridized carbons (Fsp3) is 0.438. The standard InChI is InChI=1S/C16H22N2O5/c1-2-23-16(22)12-8-4-5-9-13(12)18-15(21)14(20)17-10-6-3-7-11-19/h4-5,8-9,19H,2-3,6-7,10-11H2,1H3,(H,17,20)(H,18,21). The number of esters is 1. The molecule has 0 aromatic heterocycles. The molecule has 0 fully saturated rings. The van der Waals surface area contributed by atoms with E-state index in [0.29, 0.717) is 19.4 Å². The third-order valence-corrected chi connectivity index (χ3v) is 3.00. The average molecular weight is 322 g/mol. The number of amides is 2. The van der Waals surface area contributed by atoms with Crippen LogP contribution in [0.15, 0.2) is 24.3 Å². The van der Waals surface area contributed by atoms with Gasteiger partial charge in [0.25, 0.3) is 0 Å². The lowest BCUT2D eigenvalue weighted by Crippen LogP contribution is -2.36. The smallest absolute Gasteiger partial charge is 0.340 e. The van der Waals surface area contributed by atoms with Crippen LogP contribution < -0.4 is 10.6 Å². The first-order valence-electron chi connectivity index (χ1n) is 7.56. The molecule has 0 bridgehead atoms. The molecular formula is C16H22N2O5. The van der Waals surface area contributed by atoms with E-state index >= 15 is 0 Å². The molecule has 0 saturated carbocycles. The Morgan fingerprint density at radius 3 is 2.52 bits per heavy atom. The van der Waals surface area contributed by atoms with Crippen molar-refractivity contribution < 1.29 is 24.2 Å². The maximum atomic E-state index is 11.8. The maximum absolute atomic E-state index is 11.8. The number of aliphatic hydroxyl groups is 1. The predicted octanol–water partition coefficient (Wildman–Crippen LogP) is 1.08. The van der Waals surface area contributed by atoms with Gasteiger partial charge < -0.3 is 20.5 Å². The second-order valence-corrected chi connectivity index (χ2v) is 4.76. The molecule has 0 saturated heterocycles. The molecule has 0 aliphatic heterocycles. The number of nitrogens with one attached hydrogen (secondary N) is 2. The van der Waals surface area contributed by atoms with Gasteiger partial charge in [0.15, 0.2) is 0 Å². The lowest BCUT2D eigenvalue weighted by atomic mass is 10.2. The zero-order valence-electron chi connectivity index (χ0n) is 13.1. The van der Waals surface area contributed by atoms with E-state index in [9.17, 15) is 14.4 Å². The molecule has 2 amide bonds. The van der Waals surface area contributed by atoms with Crippen molar-refractivity contribution in [3.63, 3.8) is 0 Å². The zero-order valence-corrected chi connectivity index (χ0v) is 13.1. The average Bonchev–Trinajstić information content (AvgIpc) is 2.55. The molecule has 1 aromatic carbocycles. The van der Waals surface area contributed by atoms with Gasteiger partial charge in [-0.1, -0.05) is 12.1 Å². The number of anilines is 1. The van der Waals surface area contributed by atoms with E-state index in [4.69, 9.17) is 9.84 Å². The first kappa shape index (κ1) is 18.6. The van der Waals surface area contributed by atoms with E-state index in [0.717, 1.165) is 6.42 Å². The molecule has 1 rings (SSSR count). The summed E-state index contributed by atoms with van der Waals surface area (Å²) in [5.41, 5.74) is 0.421. The van der Waals surface area contributed by atoms with Gasteiger partial charge in [0.05, 0.1) is 17.9 Å². The van der Waals surface area contributed by atoms with E-state index in [-0.39, 0.29) is 24.5 Å². The minimum Gasteiger partial charge on any atom is -0.462 e. The fourth-order valence-electron chi connectivity index (χ4n) is 1.85. The number of carbonyl (C=O) groups is 3. The van der Waals surface area contributed by atoms with Gasteiger partial charge in [-0.3, -0.25) is 9.59 Å². The second-order valence-electron chi connectivity index (χ2n) is 4.76. The topological polar surface area (TPSA) is 105 Å². The molecule has 0 heterocycles. The Morgan fingerprint density at radius 2 is 1.83 bits per heavy atom. The molecule has 0 unspecified atom stereocenters. The molecule has 7 nitrogen and oxygen atoms in total. The molecular weight excluding hydrogens is 300 g/mol. The van der Waals surface area contributed by atoms with Gasteiger partial charge in [0.2, 0.25) is 0 Å². The van der Waals surface area contributed by atoms with Crippen LogP contribution in [0.2, 0.25) is 0 Å². The zero-order chi connectivity index (χ0) is 17.1. The molecule has 0 atom stereocenters. The molecule has 0 spiro atoms. The summed E-state index contributed by atoms with van der Waals surface area (Å²) in [5, 5.41) is 13.5. The minimum atomic E-state index is -0.844. The number of rotatable bonds is 8. The van der Waals surface area contributed by atoms with Crippen molar-refractivity contribution in [1.29, 1.82) is 0 Å². The van der Waals surface area contributed by atoms with Gasteiger partial charge in [-0.25, -0.2) is 4.79 Å². The molecule has 3 N–H and O–H groups in total. The maximum Gasteiger partial charge on any atom is 0.340 e. The van der Waals surface area contributed by atoms with Gasteiger partial charge in [-0.05, 0) is 38.3 Å². The number of unbranched alkanes of at least 4 members (excludes halogenated alkanes) is 2. The number of para-hydroxylation sites is 1. The van der Waals surface area contributed by atoms with Crippen LogP contribution in [-0.2, 0) is 14.3 Å². The summed E-state index contributed by atoms with van der Waals surface area (Å²) in [6.45, 7) is 2.36. The summed E-state index contributed by atoms with van der Waals surface area (Å²) in [6, 6.07) is 6.33. The van der Waals surface area contributed by atoms with Gasteiger partial charge in [0.1, 0.15) is 0 Å². The molecule has 23 heavy (non-hydrogen) atoms. The van der Waals surface area contributed by atoms with E-state index < -0.39 is 17.8 Å². The normalized spacial score (nSPS) is 10.0. The van der Waals surface area contributed by atoms with Crippen molar-refractivity contribution >= 4 is 23.5 Å². The Bertz CT molecular complexity index is 545. The van der Waals surface area contributed by atoms with Gasteiger partial charge >= 0.3 is 17.8 Å². The van der Waals surface area contributed by atoms with Crippen molar-refractivity contribution in [2.45, 2.75) is 26.2 Å². The van der Waals surface area contributed by atoms with Gasteiger partial charge in [-0.15, -0.1) is 0 Å². The van der Waals surface area contributed by atoms with Crippen LogP contribution in [0.5, 0.6) is 0 Å². The van der Waals surface area contributed by atoms with Crippen molar-refractivity contribution in [2.24, 2.45) is 0 Å². The fourth-order valence-corrected chi connectivity index (χ4v) is 1.85. The lowest BCUT2D eigenvalue weighted by molar-refractivity contribution is -0.136. The Kier molecular flexibility index (Phi) is 8.38. The van der Waals surface area contributed by atoms with Crippen LogP contribution in [0.25, 0.3) is 0 Å². The minimum absolute atomic E-state index is 0.110. The highest BCUT2D eigenvalue weighted by Gasteiger charge is 2.17. The van der Waals surface area contributed by atoms with Gasteiger partial charge in [0, 0.05) is 13.2 Å². The number of carbonyl (C=O) groups excluding carboxylic acids is 3. The summed E-state index contributed by atoms with van der Waals surface area (Å²) in [7, 11) is 0. The Balaban J connectivity index is 2.56. The molecule has 1 aromatic rings. The monoisotopic (exact) mass is 322 g/mol. The van der Waals surface area contributed by atoms with Crippen molar-refractivity contribution in [2.75, 3.05) is 25.1 Å². The van der Waals surface area contributed by atoms with Crippen LogP contribution in [0, 0.1) is 0 Å². The van der Waals surface area contributed by atoms with Crippen LogP contribution in [0.4, 0.5) is 5.69 Å². The van der Waals surface area contributed by atoms with Crippen LogP contribution >= 0.6 is 0 Å². The molecule has 126 valence electrons. The Morgan fingerprint density at radius 1 is 1.09 bits per heavy atom. The third kappa shape index (κ3) is 6.48. The number of hydrogen-bond acceptors (Lipinski definition) is 5. The number of hydrogen-bond donors (Lipinski definition) is 3. The summed E-state index contributed by atoms with van der Waals surface area (Å²) >= 11 is 0. The summed E-state index contributed by atoms with van der Waals surface area (Å²) < 4.78 is 4.90. The highest BCUT2D eigenvalue weighted by molar-refractivity contribution is 6.40. The van der Waals surface area contributed by atoms with E-state index in [1.807, 2.05) is 0 Å². The van der Waals surface area contributed by atoms with Crippen LogP contribution in [0.3, 0.4) is 0 Å². The molecule has 0 aliphatic rings. The SMILES string of the molecule is CCOC(=O)c1ccccc1NC(=O)C(=O)NCCCCCO. The van der Waals surface area contributed by atoms with Crippen molar-refractivity contribution in [1.82, 2.24) is 5.32 Å². The highest BCUT2D eigenvalue weighted by Crippen LogP contribution is 2.16. The van der Waals surface area contributed by atoms with E-state index in [2.05, 4.69) is 10.6 Å². The first-order chi connectivity index (χ1) is 11.1. The molecule has 0 radical (unpaired) electrons. The number of ether oxygens (including phenoxy) is 1. The Hall–Kier alpha value is -2.41. The first-order valence-corrected chi connectivity index (χ1v) is 7.56. The summed E-state index contributed by atoms with van der Waals surface area (Å²) in [4.78, 5) is 35.3. The molecule has 7 heteroatoms. The summed E-state index contributed by atoms with van der Waals surface area (Å²) in [5.74, 6) is -2.18. The van der Waals surface area contributed by atoms with Crippen LogP contribution in [0.1, 0.15) is 36.5 Å². The third-order valence-electron chi connectivity index (χ3n) is 3.00. The highest BCUT2D eigenvalue weighted by atomic mass is 16.5. The van der Waals surface area contributed by atoms with Gasteiger partial charge in [-0.2, -0.15) is 0 Å². The molecule has 0 aliphatic carbocycles. The van der Waals surface area contributed by atoms with E-state index in [1.54, 1.807) is 19.1 Å². The lowest BCUT2D eigenvalue weighted by Gasteiger charge is -2.10. The number of benzene rings is 1. The second kappa shape index (κ2) is 10.3. The predicted molar refractivity (Wildman–Crippen MR) is 85.0 cm³/mol. The van der Waals surface area contributed by atoms with Crippen LogP contribution in [-0.4, -0.2) is 42.6 Å². The largest absolute Gasteiger partial charge is 0.462 e. The number of aliphatic hydroxyl groups excluding tert-OH is 1. The van der Waals surface area contributed by atoms with Crippen molar-refractivity contribution in [3.8, 4) is 0 Å².